The fraction of sp³-hybridized carbons (Fsp3) is 0.438. The molecule has 0 fully saturated rings. The predicted octanol–water partition coefficient (Wildman–Crippen LogP) is 2.82. The van der Waals surface area contributed by atoms with Gasteiger partial charge in [0.05, 0.1) is 11.1 Å². The smallest absolute Gasteiger partial charge is 0.261 e. The van der Waals surface area contributed by atoms with E-state index < -0.39 is 0 Å². The number of aldehydes is 1. The van der Waals surface area contributed by atoms with Crippen molar-refractivity contribution in [3.8, 4) is 0 Å². The summed E-state index contributed by atoms with van der Waals surface area (Å²) in [6.45, 7) is 0.486. The van der Waals surface area contributed by atoms with Crippen molar-refractivity contribution in [3.05, 3.63) is 35.4 Å². The summed E-state index contributed by atoms with van der Waals surface area (Å²) in [5.41, 5.74) is 1.03. The van der Waals surface area contributed by atoms with Crippen LogP contribution >= 0.6 is 0 Å². The second-order valence-electron chi connectivity index (χ2n) is 5.03. The van der Waals surface area contributed by atoms with Crippen LogP contribution in [0.1, 0.15) is 59.2 Å². The lowest BCUT2D eigenvalue weighted by molar-refractivity contribution is -0.107. The third-order valence-electron chi connectivity index (χ3n) is 3.58. The molecule has 106 valence electrons. The first-order valence-electron chi connectivity index (χ1n) is 7.14. The number of unbranched alkanes of at least 4 members (excludes halogenated alkanes) is 5. The van der Waals surface area contributed by atoms with E-state index in [1.165, 1.54) is 4.90 Å². The first-order valence-corrected chi connectivity index (χ1v) is 7.14. The standard InChI is InChI=1S/C16H19NO3/c18-12-8-4-2-1-3-7-11-17-15(19)13-9-5-6-10-14(13)16(17)20/h5-6,9-10,12H,1-4,7-8,11H2. The zero-order chi connectivity index (χ0) is 14.4. The molecule has 1 aliphatic rings. The summed E-state index contributed by atoms with van der Waals surface area (Å²) in [6.07, 6.45) is 6.37. The van der Waals surface area contributed by atoms with E-state index in [0.29, 0.717) is 24.1 Å². The Morgan fingerprint density at radius 1 is 0.850 bits per heavy atom. The summed E-state index contributed by atoms with van der Waals surface area (Å²) in [4.78, 5) is 35.7. The second-order valence-corrected chi connectivity index (χ2v) is 5.03. The Morgan fingerprint density at radius 3 is 2.00 bits per heavy atom. The number of nitrogens with zero attached hydrogens (tertiary/aromatic N) is 1. The summed E-state index contributed by atoms with van der Waals surface area (Å²) in [5.74, 6) is -0.349. The Hall–Kier alpha value is -1.97. The van der Waals surface area contributed by atoms with E-state index in [9.17, 15) is 14.4 Å². The summed E-state index contributed by atoms with van der Waals surface area (Å²) >= 11 is 0. The molecule has 0 bridgehead atoms. The number of carbonyl (C=O) groups excluding carboxylic acids is 3. The van der Waals surface area contributed by atoms with Crippen LogP contribution in [0.5, 0.6) is 0 Å². The lowest BCUT2D eigenvalue weighted by atomic mass is 10.1. The van der Waals surface area contributed by atoms with Crippen LogP contribution in [0.3, 0.4) is 0 Å². The summed E-state index contributed by atoms with van der Waals surface area (Å²) in [5, 5.41) is 0. The highest BCUT2D eigenvalue weighted by Crippen LogP contribution is 2.22. The molecule has 0 N–H and O–H groups in total. The Labute approximate surface area is 118 Å². The van der Waals surface area contributed by atoms with Gasteiger partial charge in [-0.3, -0.25) is 14.5 Å². The van der Waals surface area contributed by atoms with Crippen molar-refractivity contribution in [2.24, 2.45) is 0 Å². The number of amides is 2. The van der Waals surface area contributed by atoms with Gasteiger partial charge >= 0.3 is 0 Å². The van der Waals surface area contributed by atoms with E-state index in [0.717, 1.165) is 38.4 Å². The molecule has 0 saturated carbocycles. The fourth-order valence-electron chi connectivity index (χ4n) is 2.47. The topological polar surface area (TPSA) is 54.5 Å². The molecule has 2 rings (SSSR count). The van der Waals surface area contributed by atoms with Crippen LogP contribution in [0, 0.1) is 0 Å². The molecule has 0 saturated heterocycles. The second kappa shape index (κ2) is 6.98. The Balaban J connectivity index is 1.77. The largest absolute Gasteiger partial charge is 0.303 e. The lowest BCUT2D eigenvalue weighted by Crippen LogP contribution is -2.30. The van der Waals surface area contributed by atoms with Gasteiger partial charge in [0.2, 0.25) is 0 Å². The molecule has 1 aromatic rings. The molecule has 2 amide bonds. The van der Waals surface area contributed by atoms with Crippen LogP contribution in [-0.2, 0) is 4.79 Å². The van der Waals surface area contributed by atoms with Gasteiger partial charge in [-0.25, -0.2) is 0 Å². The number of benzene rings is 1. The molecular weight excluding hydrogens is 254 g/mol. The van der Waals surface area contributed by atoms with Gasteiger partial charge in [-0.2, -0.15) is 0 Å². The quantitative estimate of drug-likeness (QED) is 0.416. The van der Waals surface area contributed by atoms with E-state index in [2.05, 4.69) is 0 Å². The highest BCUT2D eigenvalue weighted by molar-refractivity contribution is 6.21. The van der Waals surface area contributed by atoms with Gasteiger partial charge in [0.1, 0.15) is 6.29 Å². The zero-order valence-corrected chi connectivity index (χ0v) is 11.5. The number of hydrogen-bond acceptors (Lipinski definition) is 3. The van der Waals surface area contributed by atoms with Crippen molar-refractivity contribution < 1.29 is 14.4 Å². The molecule has 1 heterocycles. The number of fused-ring (bicyclic) bond motifs is 1. The van der Waals surface area contributed by atoms with Gasteiger partial charge in [-0.05, 0) is 25.0 Å². The summed E-state index contributed by atoms with van der Waals surface area (Å²) < 4.78 is 0. The maximum absolute atomic E-state index is 12.1. The third-order valence-corrected chi connectivity index (χ3v) is 3.58. The minimum Gasteiger partial charge on any atom is -0.303 e. The van der Waals surface area contributed by atoms with E-state index in [1.807, 2.05) is 0 Å². The van der Waals surface area contributed by atoms with Crippen molar-refractivity contribution in [1.29, 1.82) is 0 Å². The highest BCUT2D eigenvalue weighted by Gasteiger charge is 2.34. The van der Waals surface area contributed by atoms with Gasteiger partial charge in [0.15, 0.2) is 0 Å². The molecule has 0 atom stereocenters. The van der Waals surface area contributed by atoms with Crippen molar-refractivity contribution in [2.45, 2.75) is 38.5 Å². The number of imide groups is 1. The first kappa shape index (κ1) is 14.4. The molecule has 4 heteroatoms. The Kier molecular flexibility index (Phi) is 5.04. The van der Waals surface area contributed by atoms with Gasteiger partial charge in [0, 0.05) is 13.0 Å². The fourth-order valence-corrected chi connectivity index (χ4v) is 2.47. The number of rotatable bonds is 8. The van der Waals surface area contributed by atoms with Crippen LogP contribution < -0.4 is 0 Å². The SMILES string of the molecule is O=CCCCCCCCN1C(=O)c2ccccc2C1=O. The average Bonchev–Trinajstić information content (AvgIpc) is 2.71. The lowest BCUT2D eigenvalue weighted by Gasteiger charge is -2.13. The molecule has 0 aromatic heterocycles. The summed E-state index contributed by atoms with van der Waals surface area (Å²) in [6, 6.07) is 6.96. The van der Waals surface area contributed by atoms with Crippen LogP contribution in [0.4, 0.5) is 0 Å². The van der Waals surface area contributed by atoms with E-state index in [-0.39, 0.29) is 11.8 Å². The van der Waals surface area contributed by atoms with Gasteiger partial charge < -0.3 is 4.79 Å². The Bertz CT molecular complexity index is 475. The van der Waals surface area contributed by atoms with Gasteiger partial charge in [0.25, 0.3) is 11.8 Å². The molecular formula is C16H19NO3. The minimum absolute atomic E-state index is 0.174. The van der Waals surface area contributed by atoms with Crippen LogP contribution in [0.2, 0.25) is 0 Å². The molecule has 20 heavy (non-hydrogen) atoms. The molecule has 1 aliphatic heterocycles. The zero-order valence-electron chi connectivity index (χ0n) is 11.5. The molecule has 0 aliphatic carbocycles. The van der Waals surface area contributed by atoms with E-state index in [4.69, 9.17) is 0 Å². The van der Waals surface area contributed by atoms with Crippen molar-refractivity contribution in [2.75, 3.05) is 6.54 Å². The highest BCUT2D eigenvalue weighted by atomic mass is 16.2. The van der Waals surface area contributed by atoms with Crippen molar-refractivity contribution in [3.63, 3.8) is 0 Å². The van der Waals surface area contributed by atoms with E-state index >= 15 is 0 Å². The summed E-state index contributed by atoms with van der Waals surface area (Å²) in [7, 11) is 0. The van der Waals surface area contributed by atoms with Gasteiger partial charge in [-0.15, -0.1) is 0 Å². The third kappa shape index (κ3) is 3.13. The maximum Gasteiger partial charge on any atom is 0.261 e. The van der Waals surface area contributed by atoms with Gasteiger partial charge in [-0.1, -0.05) is 31.4 Å². The van der Waals surface area contributed by atoms with Crippen molar-refractivity contribution in [1.82, 2.24) is 4.90 Å². The normalized spacial score (nSPS) is 13.7. The van der Waals surface area contributed by atoms with E-state index in [1.54, 1.807) is 24.3 Å². The van der Waals surface area contributed by atoms with Crippen LogP contribution in [-0.4, -0.2) is 29.5 Å². The molecule has 1 aromatic carbocycles. The first-order chi connectivity index (χ1) is 9.75. The molecule has 0 spiro atoms. The van der Waals surface area contributed by atoms with Crippen LogP contribution in [0.15, 0.2) is 24.3 Å². The van der Waals surface area contributed by atoms with Crippen LogP contribution in [0.25, 0.3) is 0 Å². The molecule has 4 nitrogen and oxygen atoms in total. The predicted molar refractivity (Wildman–Crippen MR) is 75.6 cm³/mol. The molecule has 0 unspecified atom stereocenters. The van der Waals surface area contributed by atoms with Crippen molar-refractivity contribution >= 4 is 18.1 Å². The Morgan fingerprint density at radius 2 is 1.40 bits per heavy atom. The maximum atomic E-state index is 12.1. The monoisotopic (exact) mass is 273 g/mol. The average molecular weight is 273 g/mol. The molecule has 0 radical (unpaired) electrons. The number of hydrogen-bond donors (Lipinski definition) is 0. The number of carbonyl (C=O) groups is 3. The minimum atomic E-state index is -0.174.